The van der Waals surface area contributed by atoms with E-state index in [-0.39, 0.29) is 30.4 Å². The van der Waals surface area contributed by atoms with Crippen molar-refractivity contribution >= 4 is 29.2 Å². The molecule has 3 aromatic rings. The largest absolute Gasteiger partial charge is 0.493 e. The molecule has 42 heavy (non-hydrogen) atoms. The van der Waals surface area contributed by atoms with Gasteiger partial charge in [-0.2, -0.15) is 0 Å². The number of rotatable bonds is 8. The van der Waals surface area contributed by atoms with Gasteiger partial charge in [0.05, 0.1) is 33.4 Å². The van der Waals surface area contributed by atoms with Gasteiger partial charge in [0.2, 0.25) is 11.7 Å². The number of benzene rings is 2. The zero-order valence-electron chi connectivity index (χ0n) is 24.2. The lowest BCUT2D eigenvalue weighted by Crippen LogP contribution is -2.48. The number of piperazine rings is 1. The van der Waals surface area contributed by atoms with Crippen LogP contribution in [0.1, 0.15) is 35.8 Å². The van der Waals surface area contributed by atoms with Crippen LogP contribution in [-0.2, 0) is 11.3 Å². The van der Waals surface area contributed by atoms with Gasteiger partial charge in [0.25, 0.3) is 0 Å². The Balaban J connectivity index is 1.44. The van der Waals surface area contributed by atoms with Crippen LogP contribution < -0.4 is 19.5 Å². The molecule has 0 unspecified atom stereocenters. The molecule has 1 fully saturated rings. The number of ether oxygens (including phenoxy) is 3. The summed E-state index contributed by atoms with van der Waals surface area (Å²) in [6, 6.07) is 11.6. The number of nitrogens with one attached hydrogen (secondary N) is 1. The van der Waals surface area contributed by atoms with Gasteiger partial charge in [-0.1, -0.05) is 6.07 Å². The fourth-order valence-corrected chi connectivity index (χ4v) is 5.19. The highest BCUT2D eigenvalue weighted by molar-refractivity contribution is 6.08. The number of halogens is 1. The highest BCUT2D eigenvalue weighted by Gasteiger charge is 2.27. The summed E-state index contributed by atoms with van der Waals surface area (Å²) >= 11 is 0. The molecule has 1 aromatic heterocycles. The average molecular weight is 576 g/mol. The van der Waals surface area contributed by atoms with Crippen LogP contribution in [0.4, 0.5) is 9.18 Å². The van der Waals surface area contributed by atoms with E-state index in [1.165, 1.54) is 26.4 Å². The van der Waals surface area contributed by atoms with Gasteiger partial charge in [-0.25, -0.2) is 9.18 Å². The van der Waals surface area contributed by atoms with Crippen molar-refractivity contribution in [2.24, 2.45) is 0 Å². The molecular weight excluding hydrogens is 541 g/mol. The van der Waals surface area contributed by atoms with Gasteiger partial charge >= 0.3 is 6.09 Å². The molecule has 1 saturated heterocycles. The minimum absolute atomic E-state index is 0.0775. The normalized spacial score (nSPS) is 16.0. The minimum atomic E-state index is -0.466. The fourth-order valence-electron chi connectivity index (χ4n) is 5.19. The molecule has 10 heteroatoms. The standard InChI is InChI=1S/C32H34FN3O6/c1-20-25(24-8-7-22(33)17-27(24)26(20)18-30(37)34-19-23-6-5-13-41-23)14-21-15-28(39-3)31(29(16-21)40-4)42-32(38)36-11-9-35(2)10-12-36/h5-8,13-17H,9-12,18-19H2,1-4H3,(H,34,37)/b25-14-. The number of nitrogens with zero attached hydrogens (tertiary/aromatic N) is 2. The summed E-state index contributed by atoms with van der Waals surface area (Å²) in [5.74, 6) is 0.924. The van der Waals surface area contributed by atoms with Crippen LogP contribution in [0.3, 0.4) is 0 Å². The first-order valence-corrected chi connectivity index (χ1v) is 13.7. The molecule has 2 heterocycles. The molecule has 1 N–H and O–H groups in total. The highest BCUT2D eigenvalue weighted by Crippen LogP contribution is 2.45. The number of hydrogen-bond acceptors (Lipinski definition) is 7. The van der Waals surface area contributed by atoms with Crippen molar-refractivity contribution in [1.29, 1.82) is 0 Å². The van der Waals surface area contributed by atoms with Gasteiger partial charge in [-0.15, -0.1) is 0 Å². The molecule has 0 radical (unpaired) electrons. The quantitative estimate of drug-likeness (QED) is 0.394. The predicted molar refractivity (Wildman–Crippen MR) is 157 cm³/mol. The van der Waals surface area contributed by atoms with E-state index in [9.17, 15) is 14.0 Å². The molecular formula is C32H34FN3O6. The third-order valence-electron chi connectivity index (χ3n) is 7.58. The number of carbonyl (C=O) groups is 2. The molecule has 220 valence electrons. The third kappa shape index (κ3) is 6.18. The van der Waals surface area contributed by atoms with Gasteiger partial charge in [0.1, 0.15) is 11.6 Å². The van der Waals surface area contributed by atoms with Crippen molar-refractivity contribution < 1.29 is 32.6 Å². The zero-order chi connectivity index (χ0) is 29.8. The predicted octanol–water partition coefficient (Wildman–Crippen LogP) is 5.22. The van der Waals surface area contributed by atoms with E-state index in [4.69, 9.17) is 18.6 Å². The Hall–Kier alpha value is -4.57. The number of likely N-dealkylation sites (N-methyl/N-ethyl adjacent to an activating group) is 1. The molecule has 0 spiro atoms. The molecule has 9 nitrogen and oxygen atoms in total. The second-order valence-electron chi connectivity index (χ2n) is 10.3. The van der Waals surface area contributed by atoms with E-state index in [0.717, 1.165) is 40.9 Å². The summed E-state index contributed by atoms with van der Waals surface area (Å²) in [6.07, 6.45) is 3.09. The molecule has 0 bridgehead atoms. The van der Waals surface area contributed by atoms with Crippen LogP contribution in [0.25, 0.3) is 17.2 Å². The van der Waals surface area contributed by atoms with Gasteiger partial charge < -0.3 is 33.7 Å². The lowest BCUT2D eigenvalue weighted by molar-refractivity contribution is -0.120. The van der Waals surface area contributed by atoms with Gasteiger partial charge in [0.15, 0.2) is 11.5 Å². The molecule has 1 aliphatic carbocycles. The number of allylic oxidation sites excluding steroid dienone is 2. The molecule has 5 rings (SSSR count). The maximum absolute atomic E-state index is 14.4. The van der Waals surface area contributed by atoms with Crippen molar-refractivity contribution in [2.75, 3.05) is 47.4 Å². The number of fused-ring (bicyclic) bond motifs is 1. The topological polar surface area (TPSA) is 93.5 Å². The van der Waals surface area contributed by atoms with Crippen molar-refractivity contribution in [1.82, 2.24) is 15.1 Å². The zero-order valence-corrected chi connectivity index (χ0v) is 24.2. The Morgan fingerprint density at radius 2 is 1.74 bits per heavy atom. The van der Waals surface area contributed by atoms with E-state index in [1.54, 1.807) is 41.5 Å². The highest BCUT2D eigenvalue weighted by atomic mass is 19.1. The molecule has 2 aliphatic rings. The Morgan fingerprint density at radius 3 is 2.38 bits per heavy atom. The summed E-state index contributed by atoms with van der Waals surface area (Å²) < 4.78 is 36.6. The number of carbonyl (C=O) groups excluding carboxylic acids is 2. The lowest BCUT2D eigenvalue weighted by atomic mass is 10.00. The summed E-state index contributed by atoms with van der Waals surface area (Å²) in [4.78, 5) is 29.6. The maximum Gasteiger partial charge on any atom is 0.415 e. The van der Waals surface area contributed by atoms with Crippen molar-refractivity contribution in [3.05, 3.63) is 82.6 Å². The number of amides is 2. The maximum atomic E-state index is 14.4. The molecule has 1 aliphatic heterocycles. The number of furan rings is 1. The molecule has 2 amide bonds. The Labute approximate surface area is 244 Å². The lowest BCUT2D eigenvalue weighted by Gasteiger charge is -2.31. The van der Waals surface area contributed by atoms with Gasteiger partial charge in [0, 0.05) is 26.2 Å². The Morgan fingerprint density at radius 1 is 1.02 bits per heavy atom. The summed E-state index contributed by atoms with van der Waals surface area (Å²) in [5.41, 5.74) is 4.63. The van der Waals surface area contributed by atoms with Crippen LogP contribution in [0.5, 0.6) is 17.2 Å². The summed E-state index contributed by atoms with van der Waals surface area (Å²) in [6.45, 7) is 4.85. The number of hydrogen-bond donors (Lipinski definition) is 1. The van der Waals surface area contributed by atoms with E-state index in [1.807, 2.05) is 20.0 Å². The average Bonchev–Trinajstić information content (AvgIpc) is 3.59. The second kappa shape index (κ2) is 12.5. The first kappa shape index (κ1) is 28.9. The molecule has 0 saturated carbocycles. The van der Waals surface area contributed by atoms with Crippen LogP contribution in [0, 0.1) is 5.82 Å². The van der Waals surface area contributed by atoms with Crippen molar-refractivity contribution in [3.8, 4) is 17.2 Å². The molecule has 2 aromatic carbocycles. The smallest absolute Gasteiger partial charge is 0.415 e. The Kier molecular flexibility index (Phi) is 8.63. The first-order valence-electron chi connectivity index (χ1n) is 13.7. The monoisotopic (exact) mass is 575 g/mol. The van der Waals surface area contributed by atoms with Gasteiger partial charge in [-0.3, -0.25) is 4.79 Å². The van der Waals surface area contributed by atoms with Crippen molar-refractivity contribution in [2.45, 2.75) is 19.9 Å². The summed E-state index contributed by atoms with van der Waals surface area (Å²) in [7, 11) is 5.01. The first-order chi connectivity index (χ1) is 20.3. The Bertz CT molecular complexity index is 1510. The third-order valence-corrected chi connectivity index (χ3v) is 7.58. The number of methoxy groups -OCH3 is 2. The summed E-state index contributed by atoms with van der Waals surface area (Å²) in [5, 5.41) is 2.86. The van der Waals surface area contributed by atoms with E-state index >= 15 is 0 Å². The van der Waals surface area contributed by atoms with Crippen LogP contribution in [-0.4, -0.2) is 69.2 Å². The second-order valence-corrected chi connectivity index (χ2v) is 10.3. The minimum Gasteiger partial charge on any atom is -0.493 e. The fraction of sp³-hybridized carbons (Fsp3) is 0.312. The molecule has 0 atom stereocenters. The van der Waals surface area contributed by atoms with E-state index in [0.29, 0.717) is 35.9 Å². The van der Waals surface area contributed by atoms with Crippen molar-refractivity contribution in [3.63, 3.8) is 0 Å². The van der Waals surface area contributed by atoms with Crippen LogP contribution >= 0.6 is 0 Å². The van der Waals surface area contributed by atoms with E-state index in [2.05, 4.69) is 10.2 Å². The van der Waals surface area contributed by atoms with Crippen LogP contribution in [0.2, 0.25) is 0 Å². The van der Waals surface area contributed by atoms with Gasteiger partial charge in [-0.05, 0) is 89.9 Å². The SMILES string of the molecule is COc1cc(/C=C2/C(C)=C(CC(=O)NCc3ccco3)c3cc(F)ccc32)cc(OC)c1OC(=O)N1CCN(C)CC1. The van der Waals surface area contributed by atoms with Crippen LogP contribution in [0.15, 0.2) is 58.7 Å². The van der Waals surface area contributed by atoms with E-state index < -0.39 is 6.09 Å².